The first-order valence-electron chi connectivity index (χ1n) is 22.4. The van der Waals surface area contributed by atoms with Crippen LogP contribution in [0.2, 0.25) is 0 Å². The zero-order valence-corrected chi connectivity index (χ0v) is 40.1. The number of fused-ring (bicyclic) bond motifs is 3. The van der Waals surface area contributed by atoms with Gasteiger partial charge < -0.3 is 50.3 Å². The number of hydrogen-bond donors (Lipinski definition) is 7. The molecule has 0 bridgehead atoms. The van der Waals surface area contributed by atoms with Crippen molar-refractivity contribution in [1.82, 2.24) is 16.0 Å². The topological polar surface area (TPSA) is 213 Å². The lowest BCUT2D eigenvalue weighted by atomic mass is 9.87. The molecule has 1 radical (unpaired) electrons. The number of aliphatic hydroxyl groups excluding tert-OH is 4. The highest BCUT2D eigenvalue weighted by molar-refractivity contribution is 6.80. The Morgan fingerprint density at radius 1 is 0.697 bits per heavy atom. The Bertz CT molecular complexity index is 2200. The van der Waals surface area contributed by atoms with Crippen molar-refractivity contribution in [3.05, 3.63) is 120 Å². The standard InChI is InChI=1S/C51H66N3O11Si/c1-31(2)44(54-49(62)63-29-39-37-20-14-12-18-35(37)36-19-13-15-21-38(36)39)47(60)53-40(48(61)65-51(6,7)8)26-27-43(57)52-28-41(55)45(58)46(59)42(56)30-64-66(33-16-10-9-11-17-33)34-24-22-32(23-25-34)50(3,4)5/h9-25,31,39-42,44-46,55-56,58-59H,26-30H2,1-8H3,(H,52,57)(H,53,60)(H,54,62)/t40-,41-,42+,44-,45+,46+/m0/s1. The lowest BCUT2D eigenvalue weighted by Crippen LogP contribution is -2.54. The van der Waals surface area contributed by atoms with Crippen LogP contribution in [0, 0.1) is 5.92 Å². The van der Waals surface area contributed by atoms with Crippen LogP contribution >= 0.6 is 0 Å². The summed E-state index contributed by atoms with van der Waals surface area (Å²) in [5, 5.41) is 52.9. The number of carbonyl (C=O) groups is 4. The number of benzene rings is 4. The smallest absolute Gasteiger partial charge is 0.407 e. The molecule has 0 saturated heterocycles. The van der Waals surface area contributed by atoms with Crippen molar-refractivity contribution in [2.45, 2.75) is 122 Å². The van der Waals surface area contributed by atoms with Gasteiger partial charge in [0.15, 0.2) is 0 Å². The van der Waals surface area contributed by atoms with E-state index < -0.39 is 87.5 Å². The Morgan fingerprint density at radius 2 is 1.24 bits per heavy atom. The van der Waals surface area contributed by atoms with Crippen LogP contribution in [0.5, 0.6) is 0 Å². The molecule has 7 N–H and O–H groups in total. The molecule has 14 nitrogen and oxygen atoms in total. The molecule has 0 aromatic heterocycles. The van der Waals surface area contributed by atoms with Crippen LogP contribution in [-0.2, 0) is 33.7 Å². The van der Waals surface area contributed by atoms with Gasteiger partial charge in [0, 0.05) is 18.9 Å². The van der Waals surface area contributed by atoms with Gasteiger partial charge in [-0.05, 0) is 76.7 Å². The second-order valence-corrected chi connectivity index (χ2v) is 21.2. The van der Waals surface area contributed by atoms with Crippen molar-refractivity contribution < 1.29 is 53.5 Å². The second kappa shape index (κ2) is 22.9. The molecule has 1 aliphatic rings. The third kappa shape index (κ3) is 14.0. The molecular weight excluding hydrogens is 859 g/mol. The number of esters is 1. The summed E-state index contributed by atoms with van der Waals surface area (Å²) < 4.78 is 17.4. The second-order valence-electron chi connectivity index (χ2n) is 19.1. The minimum atomic E-state index is -1.88. The number of hydrogen-bond acceptors (Lipinski definition) is 11. The van der Waals surface area contributed by atoms with Gasteiger partial charge in [-0.2, -0.15) is 0 Å². The maximum atomic E-state index is 13.7. The van der Waals surface area contributed by atoms with Gasteiger partial charge in [0.25, 0.3) is 9.04 Å². The van der Waals surface area contributed by atoms with Crippen molar-refractivity contribution in [2.24, 2.45) is 5.92 Å². The average molecular weight is 925 g/mol. The first kappa shape index (κ1) is 51.6. The Hall–Kier alpha value is -5.42. The fraction of sp³-hybridized carbons (Fsp3) is 0.451. The number of ether oxygens (including phenoxy) is 2. The number of nitrogens with one attached hydrogen (secondary N) is 3. The Balaban J connectivity index is 1.13. The predicted octanol–water partition coefficient (Wildman–Crippen LogP) is 3.84. The molecule has 6 atom stereocenters. The largest absolute Gasteiger partial charge is 0.458 e. The molecule has 4 aromatic rings. The number of carbonyl (C=O) groups excluding carboxylic acids is 4. The maximum Gasteiger partial charge on any atom is 0.407 e. The monoisotopic (exact) mass is 924 g/mol. The van der Waals surface area contributed by atoms with Crippen LogP contribution in [0.25, 0.3) is 11.1 Å². The fourth-order valence-corrected chi connectivity index (χ4v) is 9.62. The highest BCUT2D eigenvalue weighted by Gasteiger charge is 2.35. The summed E-state index contributed by atoms with van der Waals surface area (Å²) in [4.78, 5) is 53.3. The minimum absolute atomic E-state index is 0.0331. The molecule has 4 aromatic carbocycles. The van der Waals surface area contributed by atoms with Crippen LogP contribution in [0.4, 0.5) is 4.79 Å². The highest BCUT2D eigenvalue weighted by Crippen LogP contribution is 2.44. The molecule has 0 unspecified atom stereocenters. The molecule has 0 saturated carbocycles. The van der Waals surface area contributed by atoms with Gasteiger partial charge in [0.2, 0.25) is 11.8 Å². The van der Waals surface area contributed by atoms with Crippen molar-refractivity contribution >= 4 is 43.3 Å². The van der Waals surface area contributed by atoms with E-state index in [1.54, 1.807) is 34.6 Å². The Morgan fingerprint density at radius 3 is 1.80 bits per heavy atom. The normalized spacial score (nSPS) is 15.4. The van der Waals surface area contributed by atoms with Crippen molar-refractivity contribution in [2.75, 3.05) is 19.8 Å². The zero-order chi connectivity index (χ0) is 48.3. The van der Waals surface area contributed by atoms with Crippen LogP contribution in [0.15, 0.2) is 103 Å². The fourth-order valence-electron chi connectivity index (χ4n) is 7.66. The first-order valence-corrected chi connectivity index (χ1v) is 23.8. The molecule has 0 heterocycles. The number of alkyl carbamates (subject to hydrolysis) is 1. The van der Waals surface area contributed by atoms with Gasteiger partial charge in [-0.3, -0.25) is 9.59 Å². The van der Waals surface area contributed by atoms with Gasteiger partial charge in [0.1, 0.15) is 42.6 Å². The third-order valence-corrected chi connectivity index (χ3v) is 13.5. The van der Waals surface area contributed by atoms with E-state index in [-0.39, 0.29) is 37.4 Å². The lowest BCUT2D eigenvalue weighted by molar-refractivity contribution is -0.159. The van der Waals surface area contributed by atoms with Gasteiger partial charge in [-0.25, -0.2) is 9.59 Å². The van der Waals surface area contributed by atoms with Crippen LogP contribution in [0.1, 0.15) is 90.8 Å². The van der Waals surface area contributed by atoms with Crippen LogP contribution in [-0.4, -0.2) is 115 Å². The summed E-state index contributed by atoms with van der Waals surface area (Å²) in [7, 11) is -1.88. The van der Waals surface area contributed by atoms with Gasteiger partial charge >= 0.3 is 12.1 Å². The van der Waals surface area contributed by atoms with Gasteiger partial charge in [-0.15, -0.1) is 0 Å². The predicted molar refractivity (Wildman–Crippen MR) is 253 cm³/mol. The molecule has 355 valence electrons. The molecule has 1 aliphatic carbocycles. The van der Waals surface area contributed by atoms with Crippen molar-refractivity contribution in [1.29, 1.82) is 0 Å². The first-order chi connectivity index (χ1) is 31.1. The summed E-state index contributed by atoms with van der Waals surface area (Å²) in [6.45, 7) is 14.0. The minimum Gasteiger partial charge on any atom is -0.458 e. The van der Waals surface area contributed by atoms with E-state index >= 15 is 0 Å². The molecule has 5 rings (SSSR count). The summed E-state index contributed by atoms with van der Waals surface area (Å²) in [5.41, 5.74) is 4.36. The third-order valence-electron chi connectivity index (χ3n) is 11.3. The van der Waals surface area contributed by atoms with Gasteiger partial charge in [-0.1, -0.05) is 138 Å². The summed E-state index contributed by atoms with van der Waals surface area (Å²) in [6, 6.07) is 31.0. The van der Waals surface area contributed by atoms with E-state index in [1.807, 2.05) is 103 Å². The molecule has 0 fully saturated rings. The number of aliphatic hydroxyl groups is 4. The zero-order valence-electron chi connectivity index (χ0n) is 39.1. The van der Waals surface area contributed by atoms with E-state index in [1.165, 1.54) is 0 Å². The SMILES string of the molecule is CC(C)[C@H](NC(=O)OCC1c2ccccc2-c2ccccc21)C(=O)N[C@@H](CCC(=O)NC[C@H](O)[C@@H](O)[C@H](O)[C@H](O)CO[Si](c1ccccc1)c1ccc(C(C)(C)C)cc1)C(=O)OC(C)(C)C. The Kier molecular flexibility index (Phi) is 17.9. The van der Waals surface area contributed by atoms with Gasteiger partial charge in [0.05, 0.1) is 12.7 Å². The van der Waals surface area contributed by atoms with E-state index in [0.717, 1.165) is 38.2 Å². The molecule has 0 aliphatic heterocycles. The molecule has 15 heteroatoms. The Labute approximate surface area is 389 Å². The number of rotatable bonds is 20. The number of amides is 3. The van der Waals surface area contributed by atoms with Crippen LogP contribution < -0.4 is 26.3 Å². The average Bonchev–Trinajstić information content (AvgIpc) is 3.60. The van der Waals surface area contributed by atoms with E-state index in [4.69, 9.17) is 13.9 Å². The summed E-state index contributed by atoms with van der Waals surface area (Å²) in [6.07, 6.45) is -8.34. The van der Waals surface area contributed by atoms with E-state index in [2.05, 4.69) is 36.7 Å². The van der Waals surface area contributed by atoms with Crippen molar-refractivity contribution in [3.63, 3.8) is 0 Å². The summed E-state index contributed by atoms with van der Waals surface area (Å²) in [5.74, 6) is -2.77. The molecule has 3 amide bonds. The molecule has 66 heavy (non-hydrogen) atoms. The maximum absolute atomic E-state index is 13.7. The molecular formula is C51H66N3O11Si. The van der Waals surface area contributed by atoms with Crippen LogP contribution in [0.3, 0.4) is 0 Å². The summed E-state index contributed by atoms with van der Waals surface area (Å²) >= 11 is 0. The quantitative estimate of drug-likeness (QED) is 0.0500. The van der Waals surface area contributed by atoms with Crippen molar-refractivity contribution in [3.8, 4) is 11.1 Å². The highest BCUT2D eigenvalue weighted by atomic mass is 28.3. The van der Waals surface area contributed by atoms with E-state index in [0.29, 0.717) is 0 Å². The van der Waals surface area contributed by atoms with E-state index in [9.17, 15) is 39.6 Å². The lowest BCUT2D eigenvalue weighted by Gasteiger charge is -2.28. The molecule has 0 spiro atoms.